The van der Waals surface area contributed by atoms with Crippen LogP contribution < -0.4 is 5.32 Å². The summed E-state index contributed by atoms with van der Waals surface area (Å²) in [6, 6.07) is 10.3. The number of anilines is 1. The number of thioether (sulfide) groups is 1. The van der Waals surface area contributed by atoms with E-state index in [1.165, 1.54) is 6.42 Å². The summed E-state index contributed by atoms with van der Waals surface area (Å²) in [6.07, 6.45) is 3.01. The second kappa shape index (κ2) is 5.68. The molecule has 0 fully saturated rings. The minimum absolute atomic E-state index is 0.358. The van der Waals surface area contributed by atoms with Gasteiger partial charge in [-0.25, -0.2) is 0 Å². The van der Waals surface area contributed by atoms with E-state index in [0.29, 0.717) is 10.7 Å². The van der Waals surface area contributed by atoms with Crippen LogP contribution in [0.1, 0.15) is 27.2 Å². The molecule has 3 nitrogen and oxygen atoms in total. The van der Waals surface area contributed by atoms with E-state index in [0.717, 1.165) is 28.3 Å². The molecule has 110 valence electrons. The molecule has 1 N–H and O–H groups in total. The Balaban J connectivity index is 1.66. The summed E-state index contributed by atoms with van der Waals surface area (Å²) in [5, 5.41) is 6.21. The number of pyridine rings is 1. The molecule has 0 bridgehead atoms. The number of nitrogens with one attached hydrogen (secondary N) is 1. The molecule has 0 radical (unpaired) electrons. The van der Waals surface area contributed by atoms with Crippen LogP contribution in [0.25, 0.3) is 10.9 Å². The number of aliphatic imine (C=N–C) groups is 1. The van der Waals surface area contributed by atoms with Crippen molar-refractivity contribution in [3.63, 3.8) is 0 Å². The second-order valence-corrected chi connectivity index (χ2v) is 7.98. The molecule has 1 aliphatic heterocycles. The van der Waals surface area contributed by atoms with Gasteiger partial charge in [0.2, 0.25) is 0 Å². The minimum Gasteiger partial charge on any atom is -0.335 e. The standard InChI is InChI=1S/C17H21N3S/c1-17(2,3)10-14-11-19-16(21-14)20-13-6-7-15-12(9-13)5-4-8-18-15/h4-9,14H,10-11H2,1-3H3,(H,19,20). The van der Waals surface area contributed by atoms with Gasteiger partial charge in [-0.15, -0.1) is 0 Å². The summed E-state index contributed by atoms with van der Waals surface area (Å²) in [5.41, 5.74) is 2.46. The third-order valence-electron chi connectivity index (χ3n) is 3.41. The Morgan fingerprint density at radius 1 is 1.29 bits per heavy atom. The third-order valence-corrected chi connectivity index (χ3v) is 4.51. The molecule has 1 atom stereocenters. The fraction of sp³-hybridized carbons (Fsp3) is 0.412. The Labute approximate surface area is 130 Å². The average molecular weight is 299 g/mol. The zero-order valence-corrected chi connectivity index (χ0v) is 13.6. The van der Waals surface area contributed by atoms with Crippen LogP contribution in [0.5, 0.6) is 0 Å². The van der Waals surface area contributed by atoms with Crippen molar-refractivity contribution in [3.8, 4) is 0 Å². The van der Waals surface area contributed by atoms with Crippen LogP contribution in [-0.2, 0) is 0 Å². The molecule has 1 aliphatic rings. The zero-order valence-electron chi connectivity index (χ0n) is 12.8. The van der Waals surface area contributed by atoms with Gasteiger partial charge in [-0.1, -0.05) is 38.6 Å². The van der Waals surface area contributed by atoms with Gasteiger partial charge in [0.1, 0.15) is 0 Å². The summed E-state index contributed by atoms with van der Waals surface area (Å²) >= 11 is 1.86. The smallest absolute Gasteiger partial charge is 0.161 e. The Morgan fingerprint density at radius 3 is 2.95 bits per heavy atom. The predicted molar refractivity (Wildman–Crippen MR) is 93.1 cm³/mol. The van der Waals surface area contributed by atoms with Gasteiger partial charge >= 0.3 is 0 Å². The van der Waals surface area contributed by atoms with Crippen molar-refractivity contribution >= 4 is 33.5 Å². The van der Waals surface area contributed by atoms with Crippen molar-refractivity contribution in [1.29, 1.82) is 0 Å². The maximum atomic E-state index is 4.63. The first-order valence-corrected chi connectivity index (χ1v) is 8.20. The first-order valence-electron chi connectivity index (χ1n) is 7.32. The lowest BCUT2D eigenvalue weighted by Crippen LogP contribution is -2.16. The van der Waals surface area contributed by atoms with E-state index in [-0.39, 0.29) is 0 Å². The van der Waals surface area contributed by atoms with Gasteiger partial charge < -0.3 is 5.32 Å². The molecule has 1 aromatic carbocycles. The highest BCUT2D eigenvalue weighted by Crippen LogP contribution is 2.32. The van der Waals surface area contributed by atoms with Crippen molar-refractivity contribution in [2.75, 3.05) is 11.9 Å². The van der Waals surface area contributed by atoms with Gasteiger partial charge in [-0.2, -0.15) is 0 Å². The maximum absolute atomic E-state index is 4.63. The fourth-order valence-electron chi connectivity index (χ4n) is 2.55. The summed E-state index contributed by atoms with van der Waals surface area (Å²) < 4.78 is 0. The summed E-state index contributed by atoms with van der Waals surface area (Å²) in [6.45, 7) is 7.78. The monoisotopic (exact) mass is 299 g/mol. The molecule has 0 amide bonds. The number of aromatic nitrogens is 1. The van der Waals surface area contributed by atoms with E-state index >= 15 is 0 Å². The number of fused-ring (bicyclic) bond motifs is 1. The Hall–Kier alpha value is -1.55. The molecule has 3 rings (SSSR count). The number of nitrogens with zero attached hydrogens (tertiary/aromatic N) is 2. The number of hydrogen-bond acceptors (Lipinski definition) is 4. The number of rotatable bonds is 2. The van der Waals surface area contributed by atoms with Crippen LogP contribution in [0, 0.1) is 5.41 Å². The van der Waals surface area contributed by atoms with Crippen LogP contribution in [-0.4, -0.2) is 21.9 Å². The molecule has 1 unspecified atom stereocenters. The molecule has 0 aliphatic carbocycles. The van der Waals surface area contributed by atoms with Crippen molar-refractivity contribution in [3.05, 3.63) is 36.5 Å². The second-order valence-electron chi connectivity index (χ2n) is 6.69. The van der Waals surface area contributed by atoms with E-state index < -0.39 is 0 Å². The van der Waals surface area contributed by atoms with Crippen LogP contribution in [0.2, 0.25) is 0 Å². The third kappa shape index (κ3) is 3.76. The van der Waals surface area contributed by atoms with E-state index in [1.54, 1.807) is 0 Å². The summed E-state index contributed by atoms with van der Waals surface area (Å²) in [4.78, 5) is 8.97. The predicted octanol–water partition coefficient (Wildman–Crippen LogP) is 4.55. The Bertz CT molecular complexity index is 673. The van der Waals surface area contributed by atoms with Crippen molar-refractivity contribution in [1.82, 2.24) is 4.98 Å². The number of amidine groups is 1. The maximum Gasteiger partial charge on any atom is 0.161 e. The molecular formula is C17H21N3S. The van der Waals surface area contributed by atoms with Crippen LogP contribution in [0.4, 0.5) is 5.69 Å². The zero-order chi connectivity index (χ0) is 14.9. The van der Waals surface area contributed by atoms with E-state index in [2.05, 4.69) is 54.3 Å². The van der Waals surface area contributed by atoms with Gasteiger partial charge in [-0.3, -0.25) is 9.98 Å². The van der Waals surface area contributed by atoms with Crippen LogP contribution >= 0.6 is 11.8 Å². The largest absolute Gasteiger partial charge is 0.335 e. The lowest BCUT2D eigenvalue weighted by atomic mass is 9.90. The van der Waals surface area contributed by atoms with E-state index in [1.807, 2.05) is 30.1 Å². The quantitative estimate of drug-likeness (QED) is 0.883. The molecule has 2 aromatic rings. The molecule has 4 heteroatoms. The van der Waals surface area contributed by atoms with Gasteiger partial charge in [0.05, 0.1) is 12.1 Å². The number of benzene rings is 1. The van der Waals surface area contributed by atoms with Gasteiger partial charge in [-0.05, 0) is 36.1 Å². The molecule has 1 aromatic heterocycles. The fourth-order valence-corrected chi connectivity index (χ4v) is 3.93. The van der Waals surface area contributed by atoms with Crippen LogP contribution in [0.15, 0.2) is 41.5 Å². The van der Waals surface area contributed by atoms with Gasteiger partial charge in [0.25, 0.3) is 0 Å². The molecule has 0 saturated carbocycles. The van der Waals surface area contributed by atoms with E-state index in [4.69, 9.17) is 0 Å². The van der Waals surface area contributed by atoms with Crippen molar-refractivity contribution < 1.29 is 0 Å². The van der Waals surface area contributed by atoms with Crippen molar-refractivity contribution in [2.24, 2.45) is 10.4 Å². The Morgan fingerprint density at radius 2 is 2.14 bits per heavy atom. The topological polar surface area (TPSA) is 37.3 Å². The lowest BCUT2D eigenvalue weighted by molar-refractivity contribution is 0.375. The lowest BCUT2D eigenvalue weighted by Gasteiger charge is -2.21. The molecule has 0 saturated heterocycles. The van der Waals surface area contributed by atoms with E-state index in [9.17, 15) is 0 Å². The molecule has 21 heavy (non-hydrogen) atoms. The summed E-state index contributed by atoms with van der Waals surface area (Å²) in [5.74, 6) is 0. The average Bonchev–Trinajstić information content (AvgIpc) is 2.83. The highest BCUT2D eigenvalue weighted by atomic mass is 32.2. The van der Waals surface area contributed by atoms with Gasteiger partial charge in [0.15, 0.2) is 5.17 Å². The Kier molecular flexibility index (Phi) is 3.89. The minimum atomic E-state index is 0.358. The highest BCUT2D eigenvalue weighted by molar-refractivity contribution is 8.15. The van der Waals surface area contributed by atoms with Crippen molar-refractivity contribution in [2.45, 2.75) is 32.4 Å². The first-order chi connectivity index (χ1) is 9.99. The summed E-state index contributed by atoms with van der Waals surface area (Å²) in [7, 11) is 0. The normalized spacial score (nSPS) is 18.8. The number of hydrogen-bond donors (Lipinski definition) is 1. The molecule has 2 heterocycles. The molecule has 0 spiro atoms. The highest BCUT2D eigenvalue weighted by Gasteiger charge is 2.25. The SMILES string of the molecule is CC(C)(C)CC1CN=C(Nc2ccc3ncccc3c2)S1. The van der Waals surface area contributed by atoms with Crippen LogP contribution in [0.3, 0.4) is 0 Å². The van der Waals surface area contributed by atoms with Gasteiger partial charge in [0, 0.05) is 22.5 Å². The molecular weight excluding hydrogens is 278 g/mol. The first kappa shape index (κ1) is 14.4.